The van der Waals surface area contributed by atoms with Crippen molar-refractivity contribution >= 4 is 10.0 Å². The highest BCUT2D eigenvalue weighted by Crippen LogP contribution is 2.23. The van der Waals surface area contributed by atoms with Gasteiger partial charge in [-0.1, -0.05) is 26.7 Å². The van der Waals surface area contributed by atoms with E-state index in [4.69, 9.17) is 0 Å². The second kappa shape index (κ2) is 8.12. The normalized spacial score (nSPS) is 22.9. The molecule has 1 unspecified atom stereocenters. The molecule has 1 rings (SSSR count). The lowest BCUT2D eigenvalue weighted by molar-refractivity contribution is 0.399. The minimum absolute atomic E-state index is 0.235. The SMILES string of the molecule is CCCC1CCCN(S(=O)(=O)CCNCC)CC1. The van der Waals surface area contributed by atoms with Crippen molar-refractivity contribution < 1.29 is 8.42 Å². The van der Waals surface area contributed by atoms with E-state index < -0.39 is 10.0 Å². The van der Waals surface area contributed by atoms with Gasteiger partial charge in [0.1, 0.15) is 0 Å². The van der Waals surface area contributed by atoms with Crippen LogP contribution in [0.2, 0.25) is 0 Å². The quantitative estimate of drug-likeness (QED) is 0.722. The molecule has 4 nitrogen and oxygen atoms in total. The first-order valence-corrected chi connectivity index (χ1v) is 8.89. The number of hydrogen-bond donors (Lipinski definition) is 1. The number of rotatable bonds is 7. The van der Waals surface area contributed by atoms with E-state index in [1.54, 1.807) is 4.31 Å². The molecule has 1 saturated heterocycles. The molecular formula is C13H28N2O2S. The van der Waals surface area contributed by atoms with E-state index in [1.807, 2.05) is 6.92 Å². The third kappa shape index (κ3) is 5.24. The summed E-state index contributed by atoms with van der Waals surface area (Å²) in [5, 5.41) is 3.08. The van der Waals surface area contributed by atoms with Gasteiger partial charge in [-0.3, -0.25) is 0 Å². The fourth-order valence-electron chi connectivity index (χ4n) is 2.62. The molecule has 0 aromatic carbocycles. The third-order valence-electron chi connectivity index (χ3n) is 3.68. The number of nitrogens with one attached hydrogen (secondary N) is 1. The van der Waals surface area contributed by atoms with Crippen molar-refractivity contribution in [3.05, 3.63) is 0 Å². The summed E-state index contributed by atoms with van der Waals surface area (Å²) in [6.07, 6.45) is 5.69. The van der Waals surface area contributed by atoms with Crippen LogP contribution in [0.1, 0.15) is 46.0 Å². The van der Waals surface area contributed by atoms with Crippen LogP contribution in [-0.2, 0) is 10.0 Å². The second-order valence-corrected chi connectivity index (χ2v) is 7.24. The molecule has 5 heteroatoms. The van der Waals surface area contributed by atoms with E-state index in [2.05, 4.69) is 12.2 Å². The topological polar surface area (TPSA) is 49.4 Å². The molecule has 0 spiro atoms. The highest BCUT2D eigenvalue weighted by atomic mass is 32.2. The zero-order chi connectivity index (χ0) is 13.4. The average Bonchev–Trinajstić information content (AvgIpc) is 2.56. The Morgan fingerprint density at radius 1 is 1.22 bits per heavy atom. The Morgan fingerprint density at radius 2 is 2.00 bits per heavy atom. The Morgan fingerprint density at radius 3 is 2.67 bits per heavy atom. The highest BCUT2D eigenvalue weighted by Gasteiger charge is 2.25. The zero-order valence-electron chi connectivity index (χ0n) is 11.8. The van der Waals surface area contributed by atoms with Crippen LogP contribution >= 0.6 is 0 Å². The summed E-state index contributed by atoms with van der Waals surface area (Å²) in [5.74, 6) is 0.961. The monoisotopic (exact) mass is 276 g/mol. The van der Waals surface area contributed by atoms with Crippen molar-refractivity contribution in [3.8, 4) is 0 Å². The fourth-order valence-corrected chi connectivity index (χ4v) is 4.07. The van der Waals surface area contributed by atoms with E-state index in [-0.39, 0.29) is 5.75 Å². The third-order valence-corrected chi connectivity index (χ3v) is 5.56. The summed E-state index contributed by atoms with van der Waals surface area (Å²) in [7, 11) is -3.05. The molecule has 1 fully saturated rings. The maximum atomic E-state index is 12.2. The Labute approximate surface area is 112 Å². The summed E-state index contributed by atoms with van der Waals surface area (Å²) in [6, 6.07) is 0. The zero-order valence-corrected chi connectivity index (χ0v) is 12.6. The summed E-state index contributed by atoms with van der Waals surface area (Å²) in [4.78, 5) is 0. The molecule has 1 N–H and O–H groups in total. The van der Waals surface area contributed by atoms with Crippen LogP contribution in [-0.4, -0.2) is 44.7 Å². The molecule has 0 aromatic heterocycles. The van der Waals surface area contributed by atoms with Gasteiger partial charge < -0.3 is 5.32 Å². The summed E-state index contributed by atoms with van der Waals surface area (Å²) >= 11 is 0. The highest BCUT2D eigenvalue weighted by molar-refractivity contribution is 7.89. The Kier molecular flexibility index (Phi) is 7.19. The van der Waals surface area contributed by atoms with Crippen LogP contribution in [0, 0.1) is 5.92 Å². The molecule has 0 bridgehead atoms. The molecule has 1 heterocycles. The Hall–Kier alpha value is -0.130. The molecule has 0 saturated carbocycles. The molecular weight excluding hydrogens is 248 g/mol. The van der Waals surface area contributed by atoms with Crippen molar-refractivity contribution in [1.82, 2.24) is 9.62 Å². The molecule has 108 valence electrons. The lowest BCUT2D eigenvalue weighted by Gasteiger charge is -2.20. The van der Waals surface area contributed by atoms with Gasteiger partial charge in [-0.2, -0.15) is 0 Å². The Balaban J connectivity index is 2.45. The first-order chi connectivity index (χ1) is 8.60. The van der Waals surface area contributed by atoms with Crippen LogP contribution in [0.3, 0.4) is 0 Å². The van der Waals surface area contributed by atoms with Crippen LogP contribution in [0.5, 0.6) is 0 Å². The maximum Gasteiger partial charge on any atom is 0.215 e. The van der Waals surface area contributed by atoms with Gasteiger partial charge in [0.2, 0.25) is 10.0 Å². The second-order valence-electron chi connectivity index (χ2n) is 5.15. The average molecular weight is 276 g/mol. The minimum atomic E-state index is -3.05. The van der Waals surface area contributed by atoms with Crippen molar-refractivity contribution in [2.24, 2.45) is 5.92 Å². The van der Waals surface area contributed by atoms with Gasteiger partial charge in [-0.05, 0) is 31.7 Å². The van der Waals surface area contributed by atoms with Gasteiger partial charge >= 0.3 is 0 Å². The van der Waals surface area contributed by atoms with Crippen LogP contribution < -0.4 is 5.32 Å². The van der Waals surface area contributed by atoms with Crippen LogP contribution in [0.15, 0.2) is 0 Å². The van der Waals surface area contributed by atoms with Gasteiger partial charge in [-0.25, -0.2) is 12.7 Å². The number of hydrogen-bond acceptors (Lipinski definition) is 3. The first-order valence-electron chi connectivity index (χ1n) is 7.28. The molecule has 0 radical (unpaired) electrons. The standard InChI is InChI=1S/C13H28N2O2S/c1-3-6-13-7-5-10-15(11-8-13)18(16,17)12-9-14-4-2/h13-14H,3-12H2,1-2H3. The molecule has 1 atom stereocenters. The lowest BCUT2D eigenvalue weighted by atomic mass is 9.96. The summed E-state index contributed by atoms with van der Waals surface area (Å²) in [6.45, 7) is 7.03. The fraction of sp³-hybridized carbons (Fsp3) is 1.00. The van der Waals surface area contributed by atoms with Crippen molar-refractivity contribution in [3.63, 3.8) is 0 Å². The van der Waals surface area contributed by atoms with Crippen LogP contribution in [0.4, 0.5) is 0 Å². The van der Waals surface area contributed by atoms with Crippen molar-refractivity contribution in [2.45, 2.75) is 46.0 Å². The van der Waals surface area contributed by atoms with Gasteiger partial charge in [0.05, 0.1) is 5.75 Å². The number of sulfonamides is 1. The van der Waals surface area contributed by atoms with E-state index in [9.17, 15) is 8.42 Å². The van der Waals surface area contributed by atoms with E-state index in [1.165, 1.54) is 19.3 Å². The number of nitrogens with zero attached hydrogens (tertiary/aromatic N) is 1. The van der Waals surface area contributed by atoms with E-state index >= 15 is 0 Å². The first kappa shape index (κ1) is 15.9. The largest absolute Gasteiger partial charge is 0.316 e. The van der Waals surface area contributed by atoms with Gasteiger partial charge in [0.15, 0.2) is 0 Å². The van der Waals surface area contributed by atoms with Crippen LogP contribution in [0.25, 0.3) is 0 Å². The van der Waals surface area contributed by atoms with Gasteiger partial charge in [0.25, 0.3) is 0 Å². The summed E-state index contributed by atoms with van der Waals surface area (Å²) in [5.41, 5.74) is 0. The van der Waals surface area contributed by atoms with Gasteiger partial charge in [0, 0.05) is 19.6 Å². The summed E-state index contributed by atoms with van der Waals surface area (Å²) < 4.78 is 26.0. The maximum absolute atomic E-state index is 12.2. The predicted octanol–water partition coefficient (Wildman–Crippen LogP) is 1.83. The van der Waals surface area contributed by atoms with Gasteiger partial charge in [-0.15, -0.1) is 0 Å². The van der Waals surface area contributed by atoms with Crippen molar-refractivity contribution in [2.75, 3.05) is 31.9 Å². The molecule has 0 aliphatic carbocycles. The molecule has 0 amide bonds. The lowest BCUT2D eigenvalue weighted by Crippen LogP contribution is -2.37. The van der Waals surface area contributed by atoms with Crippen molar-refractivity contribution in [1.29, 1.82) is 0 Å². The smallest absolute Gasteiger partial charge is 0.215 e. The minimum Gasteiger partial charge on any atom is -0.316 e. The van der Waals surface area contributed by atoms with E-state index in [0.29, 0.717) is 13.1 Å². The molecule has 0 aromatic rings. The predicted molar refractivity (Wildman–Crippen MR) is 76.2 cm³/mol. The molecule has 1 aliphatic rings. The Bertz CT molecular complexity index is 317. The molecule has 18 heavy (non-hydrogen) atoms. The van der Waals surface area contributed by atoms with E-state index in [0.717, 1.165) is 31.8 Å². The molecule has 1 aliphatic heterocycles.